The van der Waals surface area contributed by atoms with E-state index in [1.807, 2.05) is 0 Å². The molecule has 1 atom stereocenters. The lowest BCUT2D eigenvalue weighted by molar-refractivity contribution is 1.09. The maximum absolute atomic E-state index is 2.44. The van der Waals surface area contributed by atoms with Crippen LogP contribution in [0.15, 0.2) is 24.3 Å². The Kier molecular flexibility index (Phi) is 3.37. The molecule has 60 valence electrons. The van der Waals surface area contributed by atoms with Crippen LogP contribution in [-0.2, 0) is 6.42 Å². The van der Waals surface area contributed by atoms with Crippen molar-refractivity contribution in [2.75, 3.05) is 0 Å². The van der Waals surface area contributed by atoms with Gasteiger partial charge in [-0.25, -0.2) is 0 Å². The summed E-state index contributed by atoms with van der Waals surface area (Å²) in [4.78, 5) is 0. The summed E-state index contributed by atoms with van der Waals surface area (Å²) < 4.78 is 0.624. The lowest BCUT2D eigenvalue weighted by Crippen LogP contribution is -1.86. The van der Waals surface area contributed by atoms with E-state index in [9.17, 15) is 0 Å². The predicted octanol–water partition coefficient (Wildman–Crippen LogP) is 3.75. The summed E-state index contributed by atoms with van der Waals surface area (Å²) in [7, 11) is 0. The predicted molar refractivity (Wildman–Crippen MR) is 58.3 cm³/mol. The molecule has 1 aromatic carbocycles. The zero-order valence-corrected chi connectivity index (χ0v) is 9.13. The van der Waals surface area contributed by atoms with Crippen LogP contribution in [0.5, 0.6) is 0 Å². The maximum Gasteiger partial charge on any atom is 0.0331 e. The van der Waals surface area contributed by atoms with E-state index in [0.29, 0.717) is 3.92 Å². The molecule has 0 saturated carbocycles. The second-order valence-electron chi connectivity index (χ2n) is 2.71. The molecule has 0 amide bonds. The van der Waals surface area contributed by atoms with Crippen LogP contribution in [-0.4, -0.2) is 0 Å². The number of alkyl halides is 1. The van der Waals surface area contributed by atoms with Gasteiger partial charge >= 0.3 is 0 Å². The van der Waals surface area contributed by atoms with Crippen LogP contribution < -0.4 is 0 Å². The van der Waals surface area contributed by atoms with Crippen molar-refractivity contribution in [1.29, 1.82) is 0 Å². The van der Waals surface area contributed by atoms with Gasteiger partial charge in [0.05, 0.1) is 0 Å². The van der Waals surface area contributed by atoms with Crippen molar-refractivity contribution >= 4 is 22.6 Å². The Morgan fingerprint density at radius 1 is 1.45 bits per heavy atom. The zero-order chi connectivity index (χ0) is 8.27. The molecule has 0 heterocycles. The summed E-state index contributed by atoms with van der Waals surface area (Å²) in [6.07, 6.45) is 1.14. The first kappa shape index (κ1) is 9.04. The molecule has 0 fully saturated rings. The molecule has 0 aliphatic rings. The lowest BCUT2D eigenvalue weighted by Gasteiger charge is -2.04. The third-order valence-electron chi connectivity index (χ3n) is 1.82. The van der Waals surface area contributed by atoms with Gasteiger partial charge in [0.1, 0.15) is 0 Å². The van der Waals surface area contributed by atoms with Crippen molar-refractivity contribution in [1.82, 2.24) is 0 Å². The van der Waals surface area contributed by atoms with Gasteiger partial charge in [-0.1, -0.05) is 53.8 Å². The Balaban J connectivity index is 2.91. The molecule has 0 aromatic heterocycles. The summed E-state index contributed by atoms with van der Waals surface area (Å²) in [6.45, 7) is 4.41. The van der Waals surface area contributed by atoms with E-state index in [4.69, 9.17) is 0 Å². The molecule has 0 aliphatic carbocycles. The summed E-state index contributed by atoms with van der Waals surface area (Å²) in [5.74, 6) is 0. The number of halogens is 1. The van der Waals surface area contributed by atoms with E-state index in [2.05, 4.69) is 60.7 Å². The van der Waals surface area contributed by atoms with Gasteiger partial charge in [-0.05, 0) is 24.5 Å². The molecule has 11 heavy (non-hydrogen) atoms. The normalized spacial score (nSPS) is 13.0. The fourth-order valence-corrected chi connectivity index (χ4v) is 1.45. The SMILES string of the molecule is CCc1cccc(C(C)I)c1. The Morgan fingerprint density at radius 3 is 2.73 bits per heavy atom. The average Bonchev–Trinajstić information content (AvgIpc) is 2.05. The molecule has 0 bridgehead atoms. The highest BCUT2D eigenvalue weighted by atomic mass is 127. The molecular weight excluding hydrogens is 247 g/mol. The minimum Gasteiger partial charge on any atom is -0.0777 e. The molecule has 0 spiro atoms. The molecule has 0 saturated heterocycles. The van der Waals surface area contributed by atoms with E-state index in [-0.39, 0.29) is 0 Å². The first-order chi connectivity index (χ1) is 5.24. The molecule has 1 rings (SSSR count). The molecule has 1 aromatic rings. The fourth-order valence-electron chi connectivity index (χ4n) is 1.06. The van der Waals surface area contributed by atoms with Gasteiger partial charge in [-0.2, -0.15) is 0 Å². The van der Waals surface area contributed by atoms with E-state index >= 15 is 0 Å². The van der Waals surface area contributed by atoms with Crippen molar-refractivity contribution < 1.29 is 0 Å². The standard InChI is InChI=1S/C10H13I/c1-3-9-5-4-6-10(7-9)8(2)11/h4-8H,3H2,1-2H3. The van der Waals surface area contributed by atoms with Crippen molar-refractivity contribution in [2.24, 2.45) is 0 Å². The van der Waals surface area contributed by atoms with Crippen LogP contribution in [0.4, 0.5) is 0 Å². The van der Waals surface area contributed by atoms with Crippen LogP contribution in [0.25, 0.3) is 0 Å². The second-order valence-corrected chi connectivity index (χ2v) is 4.58. The summed E-state index contributed by atoms with van der Waals surface area (Å²) >= 11 is 2.44. The summed E-state index contributed by atoms with van der Waals surface area (Å²) in [5.41, 5.74) is 2.87. The highest BCUT2D eigenvalue weighted by Gasteiger charge is 1.99. The average molecular weight is 260 g/mol. The number of hydrogen-bond acceptors (Lipinski definition) is 0. The van der Waals surface area contributed by atoms with Gasteiger partial charge in [0, 0.05) is 3.92 Å². The van der Waals surface area contributed by atoms with Gasteiger partial charge < -0.3 is 0 Å². The molecular formula is C10H13I. The Bertz CT molecular complexity index is 228. The third kappa shape index (κ3) is 2.47. The van der Waals surface area contributed by atoms with E-state index in [1.165, 1.54) is 11.1 Å². The highest BCUT2D eigenvalue weighted by Crippen LogP contribution is 2.22. The van der Waals surface area contributed by atoms with Crippen LogP contribution in [0.2, 0.25) is 0 Å². The van der Waals surface area contributed by atoms with Crippen molar-refractivity contribution in [2.45, 2.75) is 24.2 Å². The zero-order valence-electron chi connectivity index (χ0n) is 6.97. The van der Waals surface area contributed by atoms with Crippen LogP contribution in [0, 0.1) is 0 Å². The Labute approximate surface area is 82.2 Å². The van der Waals surface area contributed by atoms with Crippen LogP contribution >= 0.6 is 22.6 Å². The fraction of sp³-hybridized carbons (Fsp3) is 0.400. The van der Waals surface area contributed by atoms with E-state index in [1.54, 1.807) is 0 Å². The summed E-state index contributed by atoms with van der Waals surface area (Å²) in [6, 6.07) is 8.80. The topological polar surface area (TPSA) is 0 Å². The highest BCUT2D eigenvalue weighted by molar-refractivity contribution is 14.1. The number of aryl methyl sites for hydroxylation is 1. The van der Waals surface area contributed by atoms with Gasteiger partial charge in [0.25, 0.3) is 0 Å². The monoisotopic (exact) mass is 260 g/mol. The number of benzene rings is 1. The number of hydrogen-bond donors (Lipinski definition) is 0. The van der Waals surface area contributed by atoms with Crippen molar-refractivity contribution in [3.8, 4) is 0 Å². The Hall–Kier alpha value is -0.0500. The third-order valence-corrected chi connectivity index (χ3v) is 2.54. The molecule has 0 N–H and O–H groups in total. The minimum atomic E-state index is 0.624. The first-order valence-corrected chi connectivity index (χ1v) is 5.21. The molecule has 1 unspecified atom stereocenters. The van der Waals surface area contributed by atoms with Crippen molar-refractivity contribution in [3.63, 3.8) is 0 Å². The summed E-state index contributed by atoms with van der Waals surface area (Å²) in [5, 5.41) is 0. The van der Waals surface area contributed by atoms with E-state index < -0.39 is 0 Å². The largest absolute Gasteiger partial charge is 0.0777 e. The quantitative estimate of drug-likeness (QED) is 0.561. The number of rotatable bonds is 2. The molecule has 0 nitrogen and oxygen atoms in total. The molecule has 0 aliphatic heterocycles. The van der Waals surface area contributed by atoms with Gasteiger partial charge in [0.2, 0.25) is 0 Å². The van der Waals surface area contributed by atoms with Gasteiger partial charge in [0.15, 0.2) is 0 Å². The smallest absolute Gasteiger partial charge is 0.0331 e. The van der Waals surface area contributed by atoms with Crippen LogP contribution in [0.1, 0.15) is 28.9 Å². The van der Waals surface area contributed by atoms with Crippen LogP contribution in [0.3, 0.4) is 0 Å². The first-order valence-electron chi connectivity index (χ1n) is 3.97. The molecule has 1 heteroatoms. The second kappa shape index (κ2) is 4.10. The Morgan fingerprint density at radius 2 is 2.18 bits per heavy atom. The van der Waals surface area contributed by atoms with Crippen molar-refractivity contribution in [3.05, 3.63) is 35.4 Å². The lowest BCUT2D eigenvalue weighted by atomic mass is 10.1. The maximum atomic E-state index is 2.44. The van der Waals surface area contributed by atoms with Gasteiger partial charge in [-0.15, -0.1) is 0 Å². The molecule has 0 radical (unpaired) electrons. The minimum absolute atomic E-state index is 0.624. The van der Waals surface area contributed by atoms with Gasteiger partial charge in [-0.3, -0.25) is 0 Å². The van der Waals surface area contributed by atoms with E-state index in [0.717, 1.165) is 6.42 Å².